The number of rotatable bonds is 5. The number of likely N-dealkylation sites (tertiary alicyclic amines) is 1. The minimum absolute atomic E-state index is 0.467. The zero-order valence-corrected chi connectivity index (χ0v) is 14.7. The standard InChI is InChI=1S/C19H27N3O/c1-13(2)8-18-20-19(23-21-18)12-22-7-5-6-17(22)16-10-14(3)9-15(4)11-16/h9-11,13,17H,5-8,12H2,1-4H3. The van der Waals surface area contributed by atoms with Gasteiger partial charge in [-0.05, 0) is 44.7 Å². The molecule has 2 aromatic rings. The summed E-state index contributed by atoms with van der Waals surface area (Å²) in [6.07, 6.45) is 3.31. The lowest BCUT2D eigenvalue weighted by Crippen LogP contribution is -2.23. The van der Waals surface area contributed by atoms with Gasteiger partial charge in [-0.3, -0.25) is 4.90 Å². The first-order valence-electron chi connectivity index (χ1n) is 8.65. The molecular weight excluding hydrogens is 286 g/mol. The monoisotopic (exact) mass is 313 g/mol. The second kappa shape index (κ2) is 6.83. The van der Waals surface area contributed by atoms with Gasteiger partial charge in [-0.15, -0.1) is 0 Å². The highest BCUT2D eigenvalue weighted by Gasteiger charge is 2.27. The maximum atomic E-state index is 5.46. The third kappa shape index (κ3) is 3.99. The molecule has 0 radical (unpaired) electrons. The van der Waals surface area contributed by atoms with Gasteiger partial charge >= 0.3 is 0 Å². The molecule has 0 N–H and O–H groups in total. The molecule has 1 aliphatic heterocycles. The van der Waals surface area contributed by atoms with Crippen molar-refractivity contribution in [1.82, 2.24) is 15.0 Å². The van der Waals surface area contributed by atoms with Crippen molar-refractivity contribution in [2.75, 3.05) is 6.54 Å². The van der Waals surface area contributed by atoms with Gasteiger partial charge in [0.25, 0.3) is 0 Å². The van der Waals surface area contributed by atoms with Crippen LogP contribution in [0.4, 0.5) is 0 Å². The fourth-order valence-corrected chi connectivity index (χ4v) is 3.57. The van der Waals surface area contributed by atoms with E-state index in [-0.39, 0.29) is 0 Å². The van der Waals surface area contributed by atoms with Crippen LogP contribution in [0.3, 0.4) is 0 Å². The molecule has 2 heterocycles. The van der Waals surface area contributed by atoms with Crippen LogP contribution in [0.1, 0.15) is 61.1 Å². The molecular formula is C19H27N3O. The van der Waals surface area contributed by atoms with Crippen molar-refractivity contribution in [2.24, 2.45) is 5.92 Å². The summed E-state index contributed by atoms with van der Waals surface area (Å²) in [7, 11) is 0. The number of hydrogen-bond acceptors (Lipinski definition) is 4. The number of nitrogens with zero attached hydrogens (tertiary/aromatic N) is 3. The Kier molecular flexibility index (Phi) is 4.81. The Morgan fingerprint density at radius 2 is 1.96 bits per heavy atom. The topological polar surface area (TPSA) is 42.2 Å². The first-order valence-corrected chi connectivity index (χ1v) is 8.65. The van der Waals surface area contributed by atoms with Crippen molar-refractivity contribution in [3.8, 4) is 0 Å². The fraction of sp³-hybridized carbons (Fsp3) is 0.579. The summed E-state index contributed by atoms with van der Waals surface area (Å²) in [6, 6.07) is 7.33. The van der Waals surface area contributed by atoms with Gasteiger partial charge in [0.05, 0.1) is 6.54 Å². The molecule has 1 aliphatic rings. The third-order valence-electron chi connectivity index (χ3n) is 4.43. The van der Waals surface area contributed by atoms with Crippen LogP contribution in [0.15, 0.2) is 22.7 Å². The van der Waals surface area contributed by atoms with Crippen LogP contribution in [0.5, 0.6) is 0 Å². The first kappa shape index (κ1) is 16.2. The molecule has 23 heavy (non-hydrogen) atoms. The maximum absolute atomic E-state index is 5.46. The largest absolute Gasteiger partial charge is 0.338 e. The predicted octanol–water partition coefficient (Wildman–Crippen LogP) is 4.22. The Labute approximate surface area is 138 Å². The highest BCUT2D eigenvalue weighted by atomic mass is 16.5. The first-order chi connectivity index (χ1) is 11.0. The van der Waals surface area contributed by atoms with E-state index in [1.165, 1.54) is 29.5 Å². The SMILES string of the molecule is Cc1cc(C)cc(C2CCCN2Cc2nc(CC(C)C)no2)c1. The van der Waals surface area contributed by atoms with E-state index in [2.05, 4.69) is 60.9 Å². The summed E-state index contributed by atoms with van der Waals surface area (Å²) >= 11 is 0. The van der Waals surface area contributed by atoms with Crippen LogP contribution >= 0.6 is 0 Å². The number of hydrogen-bond donors (Lipinski definition) is 0. The number of aryl methyl sites for hydroxylation is 2. The zero-order chi connectivity index (χ0) is 16.4. The average molecular weight is 313 g/mol. The molecule has 4 nitrogen and oxygen atoms in total. The molecule has 4 heteroatoms. The van der Waals surface area contributed by atoms with E-state index in [0.29, 0.717) is 12.0 Å². The summed E-state index contributed by atoms with van der Waals surface area (Å²) < 4.78 is 5.46. The molecule has 1 aromatic carbocycles. The van der Waals surface area contributed by atoms with Crippen molar-refractivity contribution in [1.29, 1.82) is 0 Å². The minimum atomic E-state index is 0.467. The molecule has 0 spiro atoms. The third-order valence-corrected chi connectivity index (χ3v) is 4.43. The van der Waals surface area contributed by atoms with E-state index >= 15 is 0 Å². The minimum Gasteiger partial charge on any atom is -0.338 e. The Balaban J connectivity index is 1.73. The zero-order valence-electron chi connectivity index (χ0n) is 14.7. The van der Waals surface area contributed by atoms with E-state index in [0.717, 1.165) is 31.2 Å². The lowest BCUT2D eigenvalue weighted by molar-refractivity contribution is 0.212. The van der Waals surface area contributed by atoms with Crippen LogP contribution in [0.2, 0.25) is 0 Å². The molecule has 3 rings (SSSR count). The van der Waals surface area contributed by atoms with Crippen LogP contribution in [0, 0.1) is 19.8 Å². The van der Waals surface area contributed by atoms with Gasteiger partial charge in [0.1, 0.15) is 0 Å². The highest BCUT2D eigenvalue weighted by Crippen LogP contribution is 2.33. The van der Waals surface area contributed by atoms with Crippen molar-refractivity contribution in [3.05, 3.63) is 46.6 Å². The van der Waals surface area contributed by atoms with Gasteiger partial charge in [0, 0.05) is 12.5 Å². The van der Waals surface area contributed by atoms with Crippen molar-refractivity contribution in [3.63, 3.8) is 0 Å². The second-order valence-corrected chi connectivity index (χ2v) is 7.25. The van der Waals surface area contributed by atoms with Gasteiger partial charge in [0.15, 0.2) is 5.82 Å². The number of benzene rings is 1. The Morgan fingerprint density at radius 1 is 1.22 bits per heavy atom. The van der Waals surface area contributed by atoms with E-state index in [1.807, 2.05) is 0 Å². The van der Waals surface area contributed by atoms with Crippen molar-refractivity contribution < 1.29 is 4.52 Å². The number of aromatic nitrogens is 2. The molecule has 1 unspecified atom stereocenters. The summed E-state index contributed by atoms with van der Waals surface area (Å²) in [4.78, 5) is 7.03. The molecule has 0 aliphatic carbocycles. The molecule has 0 amide bonds. The summed E-state index contributed by atoms with van der Waals surface area (Å²) in [5.74, 6) is 2.13. The van der Waals surface area contributed by atoms with Gasteiger partial charge in [-0.25, -0.2) is 0 Å². The normalized spacial score (nSPS) is 18.9. The van der Waals surface area contributed by atoms with E-state index in [9.17, 15) is 0 Å². The highest BCUT2D eigenvalue weighted by molar-refractivity contribution is 5.31. The Bertz CT molecular complexity index is 642. The fourth-order valence-electron chi connectivity index (χ4n) is 3.57. The second-order valence-electron chi connectivity index (χ2n) is 7.25. The van der Waals surface area contributed by atoms with Crippen LogP contribution in [-0.2, 0) is 13.0 Å². The van der Waals surface area contributed by atoms with Crippen LogP contribution in [-0.4, -0.2) is 21.6 Å². The van der Waals surface area contributed by atoms with E-state index in [4.69, 9.17) is 4.52 Å². The molecule has 0 bridgehead atoms. The summed E-state index contributed by atoms with van der Waals surface area (Å²) in [5, 5.41) is 4.11. The van der Waals surface area contributed by atoms with Crippen molar-refractivity contribution >= 4 is 0 Å². The quantitative estimate of drug-likeness (QED) is 0.828. The average Bonchev–Trinajstić information content (AvgIpc) is 3.07. The smallest absolute Gasteiger partial charge is 0.240 e. The lowest BCUT2D eigenvalue weighted by Gasteiger charge is -2.23. The summed E-state index contributed by atoms with van der Waals surface area (Å²) in [6.45, 7) is 10.5. The molecule has 1 atom stereocenters. The molecule has 1 saturated heterocycles. The van der Waals surface area contributed by atoms with Gasteiger partial charge in [-0.1, -0.05) is 48.3 Å². The predicted molar refractivity (Wildman–Crippen MR) is 91.1 cm³/mol. The van der Waals surface area contributed by atoms with E-state index in [1.54, 1.807) is 0 Å². The lowest BCUT2D eigenvalue weighted by atomic mass is 9.99. The van der Waals surface area contributed by atoms with Gasteiger partial charge in [0.2, 0.25) is 5.89 Å². The van der Waals surface area contributed by atoms with Crippen LogP contribution < -0.4 is 0 Å². The van der Waals surface area contributed by atoms with Gasteiger partial charge < -0.3 is 4.52 Å². The molecule has 1 fully saturated rings. The molecule has 0 saturated carbocycles. The maximum Gasteiger partial charge on any atom is 0.240 e. The Hall–Kier alpha value is -1.68. The van der Waals surface area contributed by atoms with Crippen LogP contribution in [0.25, 0.3) is 0 Å². The Morgan fingerprint density at radius 3 is 2.65 bits per heavy atom. The van der Waals surface area contributed by atoms with Crippen molar-refractivity contribution in [2.45, 2.75) is 59.5 Å². The van der Waals surface area contributed by atoms with Gasteiger partial charge in [-0.2, -0.15) is 4.98 Å². The summed E-state index contributed by atoms with van der Waals surface area (Å²) in [5.41, 5.74) is 4.09. The molecule has 124 valence electrons. The molecule has 1 aromatic heterocycles. The van der Waals surface area contributed by atoms with E-state index < -0.39 is 0 Å².